The van der Waals surface area contributed by atoms with Gasteiger partial charge in [0.25, 0.3) is 5.91 Å². The molecule has 0 aromatic heterocycles. The molecule has 1 heterocycles. The highest BCUT2D eigenvalue weighted by Crippen LogP contribution is 2.37. The number of anilines is 1. The number of piperidine rings is 1. The number of carbonyl (C=O) groups is 2. The monoisotopic (exact) mass is 487 g/mol. The summed E-state index contributed by atoms with van der Waals surface area (Å²) in [4.78, 5) is 28.1. The van der Waals surface area contributed by atoms with Gasteiger partial charge in [0.15, 0.2) is 5.54 Å². The summed E-state index contributed by atoms with van der Waals surface area (Å²) < 4.78 is 5.67. The molecule has 2 N–H and O–H groups in total. The van der Waals surface area contributed by atoms with Gasteiger partial charge >= 0.3 is 0 Å². The van der Waals surface area contributed by atoms with E-state index in [-0.39, 0.29) is 17.7 Å². The van der Waals surface area contributed by atoms with Crippen molar-refractivity contribution in [2.75, 3.05) is 25.5 Å². The molecular formula is C30H37N3O3. The van der Waals surface area contributed by atoms with Crippen LogP contribution in [0.15, 0.2) is 72.8 Å². The maximum absolute atomic E-state index is 13.6. The zero-order valence-corrected chi connectivity index (χ0v) is 21.7. The second kappa shape index (κ2) is 11.1. The van der Waals surface area contributed by atoms with Gasteiger partial charge in [-0.3, -0.25) is 9.59 Å². The normalized spacial score (nSPS) is 22.4. The predicted octanol–water partition coefficient (Wildman–Crippen LogP) is 5.01. The van der Waals surface area contributed by atoms with E-state index in [2.05, 4.69) is 41.5 Å². The first-order valence-corrected chi connectivity index (χ1v) is 12.8. The SMILES string of the molecule is COc1ccc(NC(=O)C2(NC(C)=O)C=CC(c3ccccc3)C=C2)cc1C1CCN(C(C)C)CC1. The molecule has 1 aliphatic heterocycles. The molecule has 2 amide bonds. The summed E-state index contributed by atoms with van der Waals surface area (Å²) in [7, 11) is 1.69. The van der Waals surface area contributed by atoms with E-state index < -0.39 is 5.54 Å². The van der Waals surface area contributed by atoms with Crippen molar-refractivity contribution in [1.82, 2.24) is 10.2 Å². The number of rotatable bonds is 7. The Bertz CT molecular complexity index is 1120. The van der Waals surface area contributed by atoms with Gasteiger partial charge in [-0.1, -0.05) is 42.5 Å². The predicted molar refractivity (Wildman–Crippen MR) is 144 cm³/mol. The third kappa shape index (κ3) is 5.71. The molecule has 0 atom stereocenters. The zero-order chi connectivity index (χ0) is 25.7. The summed E-state index contributed by atoms with van der Waals surface area (Å²) >= 11 is 0. The molecule has 1 fully saturated rings. The minimum atomic E-state index is -1.25. The molecule has 4 rings (SSSR count). The lowest BCUT2D eigenvalue weighted by molar-refractivity contribution is -0.126. The molecular weight excluding hydrogens is 450 g/mol. The minimum absolute atomic E-state index is 0.0465. The van der Waals surface area contributed by atoms with Gasteiger partial charge in [-0.05, 0) is 87.2 Å². The van der Waals surface area contributed by atoms with Crippen molar-refractivity contribution < 1.29 is 14.3 Å². The van der Waals surface area contributed by atoms with Crippen LogP contribution in [-0.4, -0.2) is 48.5 Å². The maximum atomic E-state index is 13.6. The molecule has 0 unspecified atom stereocenters. The van der Waals surface area contributed by atoms with Crippen LogP contribution in [0.3, 0.4) is 0 Å². The third-order valence-electron chi connectivity index (χ3n) is 7.26. The Balaban J connectivity index is 1.54. The number of hydrogen-bond donors (Lipinski definition) is 2. The van der Waals surface area contributed by atoms with Crippen molar-refractivity contribution in [3.8, 4) is 5.75 Å². The Morgan fingerprint density at radius 1 is 1.03 bits per heavy atom. The van der Waals surface area contributed by atoms with E-state index in [9.17, 15) is 9.59 Å². The van der Waals surface area contributed by atoms with Gasteiger partial charge in [0, 0.05) is 24.6 Å². The number of ether oxygens (including phenoxy) is 1. The molecule has 36 heavy (non-hydrogen) atoms. The third-order valence-corrected chi connectivity index (χ3v) is 7.26. The number of methoxy groups -OCH3 is 1. The molecule has 0 bridgehead atoms. The van der Waals surface area contributed by atoms with Gasteiger partial charge in [0.1, 0.15) is 5.75 Å². The van der Waals surface area contributed by atoms with Crippen molar-refractivity contribution in [2.24, 2.45) is 0 Å². The standard InChI is InChI=1S/C30H37N3O3/c1-21(2)33-18-14-25(15-19-33)27-20-26(10-11-28(27)36-4)31-29(35)30(32-22(3)34)16-12-24(13-17-30)23-8-6-5-7-9-23/h5-13,16-17,20-21,24-25H,14-15,18-19H2,1-4H3,(H,31,35)(H,32,34). The molecule has 0 spiro atoms. The largest absolute Gasteiger partial charge is 0.496 e. The van der Waals surface area contributed by atoms with Crippen LogP contribution < -0.4 is 15.4 Å². The molecule has 2 aromatic carbocycles. The van der Waals surface area contributed by atoms with E-state index in [1.54, 1.807) is 19.3 Å². The number of nitrogens with one attached hydrogen (secondary N) is 2. The van der Waals surface area contributed by atoms with Crippen LogP contribution in [-0.2, 0) is 9.59 Å². The van der Waals surface area contributed by atoms with Crippen LogP contribution in [0.4, 0.5) is 5.69 Å². The summed E-state index contributed by atoms with van der Waals surface area (Å²) in [6, 6.07) is 16.4. The van der Waals surface area contributed by atoms with Crippen molar-refractivity contribution in [3.63, 3.8) is 0 Å². The highest BCUT2D eigenvalue weighted by Gasteiger charge is 2.36. The first-order valence-electron chi connectivity index (χ1n) is 12.8. The number of allylic oxidation sites excluding steroid dienone is 2. The number of amides is 2. The second-order valence-electron chi connectivity index (χ2n) is 10.0. The number of nitrogens with zero attached hydrogens (tertiary/aromatic N) is 1. The summed E-state index contributed by atoms with van der Waals surface area (Å²) in [6.45, 7) is 7.99. The van der Waals surface area contributed by atoms with Crippen LogP contribution in [0.2, 0.25) is 0 Å². The average molecular weight is 488 g/mol. The van der Waals surface area contributed by atoms with Crippen molar-refractivity contribution in [3.05, 3.63) is 84.0 Å². The van der Waals surface area contributed by atoms with Crippen molar-refractivity contribution in [2.45, 2.75) is 57.0 Å². The fourth-order valence-electron chi connectivity index (χ4n) is 5.20. The number of carbonyl (C=O) groups excluding carboxylic acids is 2. The van der Waals surface area contributed by atoms with Gasteiger partial charge in [0.05, 0.1) is 7.11 Å². The van der Waals surface area contributed by atoms with Crippen LogP contribution in [0.1, 0.15) is 56.6 Å². The van der Waals surface area contributed by atoms with E-state index in [4.69, 9.17) is 4.74 Å². The van der Waals surface area contributed by atoms with Gasteiger partial charge in [-0.2, -0.15) is 0 Å². The van der Waals surface area contributed by atoms with Gasteiger partial charge in [0.2, 0.25) is 5.91 Å². The molecule has 2 aromatic rings. The first kappa shape index (κ1) is 25.7. The number of hydrogen-bond acceptors (Lipinski definition) is 4. The van der Waals surface area contributed by atoms with E-state index in [1.165, 1.54) is 6.92 Å². The van der Waals surface area contributed by atoms with Crippen LogP contribution in [0.25, 0.3) is 0 Å². The van der Waals surface area contributed by atoms with Crippen molar-refractivity contribution >= 4 is 17.5 Å². The van der Waals surface area contributed by atoms with E-state index in [1.807, 2.05) is 48.6 Å². The first-order chi connectivity index (χ1) is 17.3. The molecule has 1 aliphatic carbocycles. The number of benzene rings is 2. The minimum Gasteiger partial charge on any atom is -0.496 e. The van der Waals surface area contributed by atoms with Crippen molar-refractivity contribution in [1.29, 1.82) is 0 Å². The Labute approximate surface area is 214 Å². The average Bonchev–Trinajstić information content (AvgIpc) is 2.89. The quantitative estimate of drug-likeness (QED) is 0.539. The maximum Gasteiger partial charge on any atom is 0.258 e. The molecule has 1 saturated heterocycles. The summed E-state index contributed by atoms with van der Waals surface area (Å²) in [6.07, 6.45) is 9.60. The van der Waals surface area contributed by atoms with Gasteiger partial charge < -0.3 is 20.3 Å². The molecule has 190 valence electrons. The fourth-order valence-corrected chi connectivity index (χ4v) is 5.20. The van der Waals surface area contributed by atoms with E-state index in [0.29, 0.717) is 17.6 Å². The summed E-state index contributed by atoms with van der Waals surface area (Å²) in [5.74, 6) is 0.686. The summed E-state index contributed by atoms with van der Waals surface area (Å²) in [5.41, 5.74) is 1.69. The highest BCUT2D eigenvalue weighted by atomic mass is 16.5. The summed E-state index contributed by atoms with van der Waals surface area (Å²) in [5, 5.41) is 5.90. The van der Waals surface area contributed by atoms with Crippen LogP contribution in [0.5, 0.6) is 5.75 Å². The van der Waals surface area contributed by atoms with Crippen LogP contribution >= 0.6 is 0 Å². The van der Waals surface area contributed by atoms with Gasteiger partial charge in [-0.15, -0.1) is 0 Å². The smallest absolute Gasteiger partial charge is 0.258 e. The molecule has 0 saturated carbocycles. The second-order valence-corrected chi connectivity index (χ2v) is 10.0. The topological polar surface area (TPSA) is 70.7 Å². The lowest BCUT2D eigenvalue weighted by atomic mass is 9.85. The molecule has 6 heteroatoms. The Kier molecular flexibility index (Phi) is 7.94. The fraction of sp³-hybridized carbons (Fsp3) is 0.400. The molecule has 2 aliphatic rings. The lowest BCUT2D eigenvalue weighted by Gasteiger charge is -2.35. The van der Waals surface area contributed by atoms with Crippen LogP contribution in [0, 0.1) is 0 Å². The Hall–Kier alpha value is -3.38. The molecule has 6 nitrogen and oxygen atoms in total. The van der Waals surface area contributed by atoms with E-state index in [0.717, 1.165) is 42.8 Å². The zero-order valence-electron chi connectivity index (χ0n) is 21.7. The van der Waals surface area contributed by atoms with E-state index >= 15 is 0 Å². The Morgan fingerprint density at radius 3 is 2.28 bits per heavy atom. The number of likely N-dealkylation sites (tertiary alicyclic amines) is 1. The Morgan fingerprint density at radius 2 is 1.69 bits per heavy atom. The van der Waals surface area contributed by atoms with Gasteiger partial charge in [-0.25, -0.2) is 0 Å². The molecule has 0 radical (unpaired) electrons. The lowest BCUT2D eigenvalue weighted by Crippen LogP contribution is -2.54. The highest BCUT2D eigenvalue weighted by molar-refractivity contribution is 6.04.